The summed E-state index contributed by atoms with van der Waals surface area (Å²) < 4.78 is 5.65. The van der Waals surface area contributed by atoms with Gasteiger partial charge >= 0.3 is 0 Å². The van der Waals surface area contributed by atoms with Crippen LogP contribution in [0.1, 0.15) is 16.7 Å². The molecule has 2 heteroatoms. The van der Waals surface area contributed by atoms with E-state index in [-0.39, 0.29) is 5.76 Å². The van der Waals surface area contributed by atoms with E-state index >= 15 is 0 Å². The fraction of sp³-hybridized carbons (Fsp3) is 0.0400. The summed E-state index contributed by atoms with van der Waals surface area (Å²) in [5, 5.41) is 10.9. The second kappa shape index (κ2) is 9.25. The van der Waals surface area contributed by atoms with Crippen LogP contribution in [0.25, 0.3) is 17.7 Å². The number of benzene rings is 3. The summed E-state index contributed by atoms with van der Waals surface area (Å²) in [6.45, 7) is 0. The van der Waals surface area contributed by atoms with Crippen molar-refractivity contribution in [2.75, 3.05) is 7.11 Å². The SMILES string of the molecule is COC(=Cc1ccccc1)C(=C(O)C=Cc1ccccc1)c1ccccc1. The Morgan fingerprint density at radius 1 is 0.741 bits per heavy atom. The number of allylic oxidation sites excluding steroid dienone is 2. The van der Waals surface area contributed by atoms with Crippen LogP contribution in [-0.4, -0.2) is 12.2 Å². The zero-order valence-electron chi connectivity index (χ0n) is 15.2. The van der Waals surface area contributed by atoms with Gasteiger partial charge in [-0.3, -0.25) is 0 Å². The van der Waals surface area contributed by atoms with Gasteiger partial charge in [0.25, 0.3) is 0 Å². The number of rotatable bonds is 6. The third-order valence-electron chi connectivity index (χ3n) is 4.12. The van der Waals surface area contributed by atoms with Gasteiger partial charge in [-0.1, -0.05) is 97.1 Å². The zero-order chi connectivity index (χ0) is 18.9. The molecule has 0 fully saturated rings. The van der Waals surface area contributed by atoms with Crippen molar-refractivity contribution in [2.45, 2.75) is 0 Å². The summed E-state index contributed by atoms with van der Waals surface area (Å²) in [7, 11) is 1.62. The number of hydrogen-bond acceptors (Lipinski definition) is 2. The van der Waals surface area contributed by atoms with Crippen LogP contribution in [0.4, 0.5) is 0 Å². The lowest BCUT2D eigenvalue weighted by Crippen LogP contribution is -1.97. The van der Waals surface area contributed by atoms with E-state index in [1.54, 1.807) is 13.2 Å². The molecule has 0 saturated carbocycles. The minimum atomic E-state index is 0.147. The Bertz CT molecular complexity index is 937. The standard InChI is InChI=1S/C25H22O2/c1-27-24(19-21-13-7-3-8-14-21)25(22-15-9-4-10-16-22)23(26)18-17-20-11-5-2-6-12-20/h2-19,26H,1H3. The van der Waals surface area contributed by atoms with Crippen LogP contribution in [0, 0.1) is 0 Å². The van der Waals surface area contributed by atoms with Crippen molar-refractivity contribution in [3.05, 3.63) is 125 Å². The summed E-state index contributed by atoms with van der Waals surface area (Å²) in [5.41, 5.74) is 3.55. The topological polar surface area (TPSA) is 29.5 Å². The normalized spacial score (nSPS) is 12.7. The van der Waals surface area contributed by atoms with Crippen molar-refractivity contribution in [1.82, 2.24) is 0 Å². The first-order chi connectivity index (χ1) is 13.3. The van der Waals surface area contributed by atoms with Crippen LogP contribution in [0.15, 0.2) is 109 Å². The van der Waals surface area contributed by atoms with Gasteiger partial charge in [-0.15, -0.1) is 0 Å². The maximum Gasteiger partial charge on any atom is 0.131 e. The fourth-order valence-corrected chi connectivity index (χ4v) is 2.78. The number of ether oxygens (including phenoxy) is 1. The van der Waals surface area contributed by atoms with Crippen molar-refractivity contribution in [3.8, 4) is 0 Å². The molecule has 3 rings (SSSR count). The Labute approximate surface area is 160 Å². The maximum absolute atomic E-state index is 10.9. The van der Waals surface area contributed by atoms with Crippen molar-refractivity contribution in [1.29, 1.82) is 0 Å². The molecule has 0 saturated heterocycles. The first-order valence-electron chi connectivity index (χ1n) is 8.81. The minimum Gasteiger partial charge on any atom is -0.507 e. The zero-order valence-corrected chi connectivity index (χ0v) is 15.2. The quantitative estimate of drug-likeness (QED) is 0.412. The van der Waals surface area contributed by atoms with E-state index in [9.17, 15) is 5.11 Å². The van der Waals surface area contributed by atoms with E-state index < -0.39 is 0 Å². The van der Waals surface area contributed by atoms with E-state index in [0.717, 1.165) is 16.7 Å². The molecule has 0 heterocycles. The van der Waals surface area contributed by atoms with Crippen molar-refractivity contribution in [2.24, 2.45) is 0 Å². The Morgan fingerprint density at radius 2 is 1.26 bits per heavy atom. The highest BCUT2D eigenvalue weighted by Gasteiger charge is 2.13. The van der Waals surface area contributed by atoms with E-state index in [4.69, 9.17) is 4.74 Å². The van der Waals surface area contributed by atoms with E-state index in [0.29, 0.717) is 11.3 Å². The number of aliphatic hydroxyl groups excluding tert-OH is 1. The lowest BCUT2D eigenvalue weighted by molar-refractivity contribution is 0.311. The Hall–Kier alpha value is -3.52. The van der Waals surface area contributed by atoms with E-state index in [1.807, 2.05) is 103 Å². The van der Waals surface area contributed by atoms with Gasteiger partial charge in [0.1, 0.15) is 11.5 Å². The Kier molecular flexibility index (Phi) is 6.26. The molecule has 3 aromatic carbocycles. The molecule has 0 bridgehead atoms. The molecule has 0 aliphatic carbocycles. The van der Waals surface area contributed by atoms with Crippen LogP contribution in [0.3, 0.4) is 0 Å². The minimum absolute atomic E-state index is 0.147. The van der Waals surface area contributed by atoms with E-state index in [2.05, 4.69) is 0 Å². The Morgan fingerprint density at radius 3 is 1.81 bits per heavy atom. The monoisotopic (exact) mass is 354 g/mol. The molecule has 3 aromatic rings. The second-order valence-electron chi connectivity index (χ2n) is 5.99. The van der Waals surface area contributed by atoms with Crippen LogP contribution >= 0.6 is 0 Å². The van der Waals surface area contributed by atoms with Gasteiger partial charge in [0.05, 0.1) is 12.7 Å². The molecule has 0 radical (unpaired) electrons. The summed E-state index contributed by atoms with van der Waals surface area (Å²) in [5.74, 6) is 0.747. The van der Waals surface area contributed by atoms with Gasteiger partial charge < -0.3 is 9.84 Å². The average Bonchev–Trinajstić information content (AvgIpc) is 2.74. The second-order valence-corrected chi connectivity index (χ2v) is 5.99. The van der Waals surface area contributed by atoms with Gasteiger partial charge in [-0.05, 0) is 28.8 Å². The largest absolute Gasteiger partial charge is 0.507 e. The van der Waals surface area contributed by atoms with Gasteiger partial charge in [-0.2, -0.15) is 0 Å². The van der Waals surface area contributed by atoms with Gasteiger partial charge in [0.2, 0.25) is 0 Å². The molecule has 0 aliphatic rings. The molecule has 1 N–H and O–H groups in total. The van der Waals surface area contributed by atoms with Crippen LogP contribution in [0.2, 0.25) is 0 Å². The molecular formula is C25H22O2. The van der Waals surface area contributed by atoms with Crippen molar-refractivity contribution in [3.63, 3.8) is 0 Å². The molecule has 2 nitrogen and oxygen atoms in total. The fourth-order valence-electron chi connectivity index (χ4n) is 2.78. The number of hydrogen-bond donors (Lipinski definition) is 1. The smallest absolute Gasteiger partial charge is 0.131 e. The molecule has 27 heavy (non-hydrogen) atoms. The summed E-state index contributed by atoms with van der Waals surface area (Å²) in [6.07, 6.45) is 5.51. The van der Waals surface area contributed by atoms with Crippen molar-refractivity contribution < 1.29 is 9.84 Å². The third-order valence-corrected chi connectivity index (χ3v) is 4.12. The molecule has 0 spiro atoms. The number of methoxy groups -OCH3 is 1. The van der Waals surface area contributed by atoms with Gasteiger partial charge in [0, 0.05) is 0 Å². The summed E-state index contributed by atoms with van der Waals surface area (Å²) in [6, 6.07) is 29.5. The molecule has 0 unspecified atom stereocenters. The molecule has 0 aliphatic heterocycles. The number of aliphatic hydroxyl groups is 1. The van der Waals surface area contributed by atoms with Crippen LogP contribution < -0.4 is 0 Å². The Balaban J connectivity index is 2.08. The lowest BCUT2D eigenvalue weighted by Gasteiger charge is -2.13. The third kappa shape index (κ3) is 4.99. The highest BCUT2D eigenvalue weighted by Crippen LogP contribution is 2.29. The maximum atomic E-state index is 10.9. The molecule has 134 valence electrons. The first-order valence-corrected chi connectivity index (χ1v) is 8.81. The average molecular weight is 354 g/mol. The van der Waals surface area contributed by atoms with Gasteiger partial charge in [0.15, 0.2) is 0 Å². The molecular weight excluding hydrogens is 332 g/mol. The first kappa shape index (κ1) is 18.3. The molecule has 0 amide bonds. The predicted octanol–water partition coefficient (Wildman–Crippen LogP) is 6.36. The van der Waals surface area contributed by atoms with Crippen LogP contribution in [-0.2, 0) is 4.74 Å². The summed E-state index contributed by atoms with van der Waals surface area (Å²) >= 11 is 0. The van der Waals surface area contributed by atoms with Gasteiger partial charge in [-0.25, -0.2) is 0 Å². The van der Waals surface area contributed by atoms with Crippen LogP contribution in [0.5, 0.6) is 0 Å². The predicted molar refractivity (Wildman–Crippen MR) is 113 cm³/mol. The van der Waals surface area contributed by atoms with E-state index in [1.165, 1.54) is 0 Å². The molecule has 0 atom stereocenters. The van der Waals surface area contributed by atoms with Crippen molar-refractivity contribution >= 4 is 17.7 Å². The summed E-state index contributed by atoms with van der Waals surface area (Å²) in [4.78, 5) is 0. The highest BCUT2D eigenvalue weighted by molar-refractivity contribution is 5.85. The highest BCUT2D eigenvalue weighted by atomic mass is 16.5. The lowest BCUT2D eigenvalue weighted by atomic mass is 10.00. The molecule has 0 aromatic heterocycles.